The third-order valence-electron chi connectivity index (χ3n) is 4.37. The summed E-state index contributed by atoms with van der Waals surface area (Å²) >= 11 is 0. The van der Waals surface area contributed by atoms with Crippen LogP contribution in [0.2, 0.25) is 0 Å². The Hall–Kier alpha value is -2.61. The molecule has 0 aliphatic carbocycles. The van der Waals surface area contributed by atoms with Gasteiger partial charge in [0.1, 0.15) is 0 Å². The first kappa shape index (κ1) is 15.3. The lowest BCUT2D eigenvalue weighted by Gasteiger charge is -2.08. The Morgan fingerprint density at radius 1 is 0.826 bits per heavy atom. The SMILES string of the molecule is C=C1C=C(c2ccc(CC)cc2)[N+]([NH-])=C1c1ccc(CC)cc1. The van der Waals surface area contributed by atoms with Gasteiger partial charge in [0.15, 0.2) is 0 Å². The van der Waals surface area contributed by atoms with Crippen LogP contribution in [0, 0.1) is 0 Å². The van der Waals surface area contributed by atoms with Gasteiger partial charge in [-0.05, 0) is 48.2 Å². The molecule has 0 atom stereocenters. The van der Waals surface area contributed by atoms with Gasteiger partial charge in [-0.25, -0.2) is 4.68 Å². The number of allylic oxidation sites excluding steroid dienone is 2. The molecule has 2 nitrogen and oxygen atoms in total. The predicted molar refractivity (Wildman–Crippen MR) is 97.4 cm³/mol. The Morgan fingerprint density at radius 3 is 1.78 bits per heavy atom. The van der Waals surface area contributed by atoms with E-state index in [1.54, 1.807) is 0 Å². The molecule has 0 saturated heterocycles. The van der Waals surface area contributed by atoms with Crippen molar-refractivity contribution in [2.75, 3.05) is 0 Å². The van der Waals surface area contributed by atoms with Crippen molar-refractivity contribution in [3.8, 4) is 0 Å². The molecule has 116 valence electrons. The van der Waals surface area contributed by atoms with E-state index in [2.05, 4.69) is 69.0 Å². The van der Waals surface area contributed by atoms with Crippen molar-refractivity contribution in [3.05, 3.63) is 94.9 Å². The standard InChI is InChI=1S/C21H22N2/c1-4-16-6-10-18(11-7-16)20-14-15(3)21(23(20)22)19-12-8-17(5-2)9-13-19/h6-14,22H,3-5H2,1-2H3. The van der Waals surface area contributed by atoms with Crippen LogP contribution in [0.1, 0.15) is 36.1 Å². The van der Waals surface area contributed by atoms with Crippen molar-refractivity contribution in [2.24, 2.45) is 0 Å². The highest BCUT2D eigenvalue weighted by atomic mass is 15.3. The van der Waals surface area contributed by atoms with Gasteiger partial charge in [-0.15, -0.1) is 0 Å². The third kappa shape index (κ3) is 2.85. The summed E-state index contributed by atoms with van der Waals surface area (Å²) in [5.74, 6) is 8.52. The van der Waals surface area contributed by atoms with Gasteiger partial charge in [0, 0.05) is 22.8 Å². The fourth-order valence-corrected chi connectivity index (χ4v) is 2.90. The average molecular weight is 302 g/mol. The van der Waals surface area contributed by atoms with E-state index in [9.17, 15) is 0 Å². The third-order valence-corrected chi connectivity index (χ3v) is 4.37. The summed E-state index contributed by atoms with van der Waals surface area (Å²) in [7, 11) is 0. The molecule has 0 radical (unpaired) electrons. The van der Waals surface area contributed by atoms with E-state index in [1.807, 2.05) is 6.08 Å². The van der Waals surface area contributed by atoms with Crippen LogP contribution in [-0.4, -0.2) is 10.4 Å². The molecule has 3 rings (SSSR count). The van der Waals surface area contributed by atoms with E-state index >= 15 is 0 Å². The lowest BCUT2D eigenvalue weighted by atomic mass is 10.0. The molecule has 23 heavy (non-hydrogen) atoms. The van der Waals surface area contributed by atoms with Crippen LogP contribution in [0.3, 0.4) is 0 Å². The number of aryl methyl sites for hydroxylation is 2. The minimum Gasteiger partial charge on any atom is -0.448 e. The van der Waals surface area contributed by atoms with Gasteiger partial charge in [-0.3, -0.25) is 0 Å². The Labute approximate surface area is 138 Å². The summed E-state index contributed by atoms with van der Waals surface area (Å²) in [6, 6.07) is 16.8. The van der Waals surface area contributed by atoms with Crippen molar-refractivity contribution < 1.29 is 4.68 Å². The summed E-state index contributed by atoms with van der Waals surface area (Å²) < 4.78 is 1.50. The molecule has 0 aromatic heterocycles. The van der Waals surface area contributed by atoms with E-state index < -0.39 is 0 Å². The van der Waals surface area contributed by atoms with E-state index in [0.717, 1.165) is 41.0 Å². The lowest BCUT2D eigenvalue weighted by molar-refractivity contribution is -0.347. The van der Waals surface area contributed by atoms with E-state index in [0.29, 0.717) is 0 Å². The molecule has 1 aliphatic rings. The number of hydrogen-bond donors (Lipinski definition) is 0. The Morgan fingerprint density at radius 2 is 1.30 bits per heavy atom. The Kier molecular flexibility index (Phi) is 4.16. The van der Waals surface area contributed by atoms with Crippen LogP contribution >= 0.6 is 0 Å². The van der Waals surface area contributed by atoms with Crippen molar-refractivity contribution in [1.82, 2.24) is 0 Å². The first-order valence-electron chi connectivity index (χ1n) is 8.12. The molecule has 0 unspecified atom stereocenters. The molecule has 1 N–H and O–H groups in total. The molecule has 0 fully saturated rings. The van der Waals surface area contributed by atoms with Crippen LogP contribution in [-0.2, 0) is 12.8 Å². The molecular formula is C21H22N2. The van der Waals surface area contributed by atoms with Gasteiger partial charge < -0.3 is 5.84 Å². The van der Waals surface area contributed by atoms with Crippen LogP contribution in [0.15, 0.2) is 66.8 Å². The monoisotopic (exact) mass is 302 g/mol. The Balaban J connectivity index is 1.98. The maximum Gasteiger partial charge on any atom is 0.215 e. The highest BCUT2D eigenvalue weighted by Crippen LogP contribution is 2.27. The zero-order valence-electron chi connectivity index (χ0n) is 13.8. The fourth-order valence-electron chi connectivity index (χ4n) is 2.90. The highest BCUT2D eigenvalue weighted by molar-refractivity contribution is 6.14. The molecule has 2 heteroatoms. The molecular weight excluding hydrogens is 280 g/mol. The number of rotatable bonds is 4. The molecule has 1 aliphatic heterocycles. The van der Waals surface area contributed by atoms with Gasteiger partial charge in [0.05, 0.1) is 0 Å². The largest absolute Gasteiger partial charge is 0.448 e. The van der Waals surface area contributed by atoms with E-state index in [4.69, 9.17) is 5.84 Å². The van der Waals surface area contributed by atoms with Gasteiger partial charge >= 0.3 is 0 Å². The second-order valence-corrected chi connectivity index (χ2v) is 5.84. The zero-order valence-corrected chi connectivity index (χ0v) is 13.8. The van der Waals surface area contributed by atoms with Gasteiger partial charge in [0.25, 0.3) is 0 Å². The number of nitrogens with zero attached hydrogens (tertiary/aromatic N) is 1. The molecule has 0 amide bonds. The Bertz CT molecular complexity index is 791. The van der Waals surface area contributed by atoms with Gasteiger partial charge in [-0.1, -0.05) is 44.7 Å². The summed E-state index contributed by atoms with van der Waals surface area (Å²) in [4.78, 5) is 0. The minimum atomic E-state index is 0.863. The second-order valence-electron chi connectivity index (χ2n) is 5.84. The first-order chi connectivity index (χ1) is 11.1. The molecule has 0 bridgehead atoms. The van der Waals surface area contributed by atoms with E-state index in [1.165, 1.54) is 15.8 Å². The lowest BCUT2D eigenvalue weighted by Crippen LogP contribution is -2.10. The van der Waals surface area contributed by atoms with E-state index in [-0.39, 0.29) is 0 Å². The maximum atomic E-state index is 8.52. The van der Waals surface area contributed by atoms with Crippen molar-refractivity contribution >= 4 is 11.4 Å². The fraction of sp³-hybridized carbons (Fsp3) is 0.190. The first-order valence-corrected chi connectivity index (χ1v) is 8.12. The second kappa shape index (κ2) is 6.25. The van der Waals surface area contributed by atoms with Crippen molar-refractivity contribution in [3.63, 3.8) is 0 Å². The van der Waals surface area contributed by atoms with Gasteiger partial charge in [0.2, 0.25) is 11.4 Å². The van der Waals surface area contributed by atoms with Crippen molar-refractivity contribution in [2.45, 2.75) is 26.7 Å². The van der Waals surface area contributed by atoms with Crippen LogP contribution in [0.5, 0.6) is 0 Å². The quantitative estimate of drug-likeness (QED) is 0.695. The number of nitrogens with one attached hydrogen (secondary N) is 1. The number of hydrogen-bond acceptors (Lipinski definition) is 0. The molecule has 2 aromatic carbocycles. The molecule has 0 spiro atoms. The highest BCUT2D eigenvalue weighted by Gasteiger charge is 2.26. The predicted octanol–water partition coefficient (Wildman–Crippen LogP) is 5.19. The minimum absolute atomic E-state index is 0.863. The summed E-state index contributed by atoms with van der Waals surface area (Å²) in [6.07, 6.45) is 4.04. The normalized spacial score (nSPS) is 14.3. The topological polar surface area (TPSA) is 26.8 Å². The number of benzene rings is 2. The summed E-state index contributed by atoms with van der Waals surface area (Å²) in [5.41, 5.74) is 7.34. The summed E-state index contributed by atoms with van der Waals surface area (Å²) in [5, 5.41) is 0. The summed E-state index contributed by atoms with van der Waals surface area (Å²) in [6.45, 7) is 8.43. The molecule has 2 aromatic rings. The average Bonchev–Trinajstić information content (AvgIpc) is 2.89. The van der Waals surface area contributed by atoms with Crippen LogP contribution in [0.25, 0.3) is 11.5 Å². The zero-order chi connectivity index (χ0) is 16.4. The van der Waals surface area contributed by atoms with Crippen molar-refractivity contribution in [1.29, 1.82) is 0 Å². The molecule has 0 saturated carbocycles. The van der Waals surface area contributed by atoms with Crippen LogP contribution in [0.4, 0.5) is 0 Å². The maximum absolute atomic E-state index is 8.52. The molecule has 1 heterocycles. The smallest absolute Gasteiger partial charge is 0.215 e. The van der Waals surface area contributed by atoms with Crippen LogP contribution < -0.4 is 0 Å². The van der Waals surface area contributed by atoms with Gasteiger partial charge in [-0.2, -0.15) is 0 Å².